The highest BCUT2D eigenvalue weighted by molar-refractivity contribution is 7.20. The number of anilines is 1. The highest BCUT2D eigenvalue weighted by Gasteiger charge is 2.31. The van der Waals surface area contributed by atoms with Gasteiger partial charge >= 0.3 is 12.1 Å². The molecule has 0 atom stereocenters. The predicted molar refractivity (Wildman–Crippen MR) is 114 cm³/mol. The monoisotopic (exact) mass is 466 g/mol. The molecule has 3 heterocycles. The Morgan fingerprint density at radius 2 is 1.88 bits per heavy atom. The molecule has 0 saturated carbocycles. The molecule has 32 heavy (non-hydrogen) atoms. The summed E-state index contributed by atoms with van der Waals surface area (Å²) in [5.74, 6) is -0.900. The molecule has 4 rings (SSSR count). The summed E-state index contributed by atoms with van der Waals surface area (Å²) in [6.45, 7) is 2.93. The molecule has 1 aromatic carbocycles. The summed E-state index contributed by atoms with van der Waals surface area (Å²) in [5.41, 5.74) is 0.577. The van der Waals surface area contributed by atoms with Crippen LogP contribution in [0.25, 0.3) is 10.2 Å². The number of piperazine rings is 1. The van der Waals surface area contributed by atoms with Crippen molar-refractivity contribution in [3.63, 3.8) is 0 Å². The molecule has 1 saturated heterocycles. The molecular formula is C21H21F3N4O3S. The van der Waals surface area contributed by atoms with E-state index in [1.807, 2.05) is 6.92 Å². The lowest BCUT2D eigenvalue weighted by Gasteiger charge is -2.36. The normalized spacial score (nSPS) is 14.8. The number of nitrogens with zero attached hydrogens (tertiary/aromatic N) is 4. The maximum absolute atomic E-state index is 12.9. The molecule has 0 spiro atoms. The van der Waals surface area contributed by atoms with Gasteiger partial charge in [-0.05, 0) is 31.2 Å². The number of amides is 1. The van der Waals surface area contributed by atoms with Gasteiger partial charge in [0.15, 0.2) is 6.61 Å². The number of fused-ring (bicyclic) bond motifs is 1. The molecule has 11 heteroatoms. The molecule has 0 radical (unpaired) electrons. The van der Waals surface area contributed by atoms with Crippen LogP contribution in [0.15, 0.2) is 30.3 Å². The number of thiophene rings is 1. The van der Waals surface area contributed by atoms with Crippen molar-refractivity contribution in [2.45, 2.75) is 13.1 Å². The highest BCUT2D eigenvalue weighted by Crippen LogP contribution is 2.32. The van der Waals surface area contributed by atoms with Crippen molar-refractivity contribution < 1.29 is 27.5 Å². The van der Waals surface area contributed by atoms with Crippen molar-refractivity contribution in [1.82, 2.24) is 14.7 Å². The van der Waals surface area contributed by atoms with Crippen molar-refractivity contribution in [3.8, 4) is 0 Å². The molecule has 2 aromatic heterocycles. The maximum Gasteiger partial charge on any atom is 0.416 e. The summed E-state index contributed by atoms with van der Waals surface area (Å²) >= 11 is 1.26. The third kappa shape index (κ3) is 4.43. The van der Waals surface area contributed by atoms with Crippen LogP contribution >= 0.6 is 11.3 Å². The summed E-state index contributed by atoms with van der Waals surface area (Å²) in [6.07, 6.45) is -4.40. The first-order chi connectivity index (χ1) is 15.1. The van der Waals surface area contributed by atoms with Crippen LogP contribution in [0.5, 0.6) is 0 Å². The molecule has 0 unspecified atom stereocenters. The molecule has 3 aromatic rings. The van der Waals surface area contributed by atoms with E-state index in [0.717, 1.165) is 28.0 Å². The number of carbonyl (C=O) groups is 2. The number of aryl methyl sites for hydroxylation is 2. The van der Waals surface area contributed by atoms with Crippen LogP contribution in [0.3, 0.4) is 0 Å². The number of rotatable bonds is 4. The molecule has 7 nitrogen and oxygen atoms in total. The Bertz CT molecular complexity index is 1130. The molecule has 170 valence electrons. The minimum Gasteiger partial charge on any atom is -0.451 e. The van der Waals surface area contributed by atoms with Crippen LogP contribution in [0.2, 0.25) is 0 Å². The van der Waals surface area contributed by atoms with E-state index in [1.165, 1.54) is 17.4 Å². The van der Waals surface area contributed by atoms with Crippen LogP contribution in [-0.4, -0.2) is 59.3 Å². The SMILES string of the molecule is Cc1nn(C)c2sc(C(=O)OCC(=O)N3CCN(c4cccc(C(F)(F)F)c4)CC3)cc12. The van der Waals surface area contributed by atoms with Gasteiger partial charge < -0.3 is 14.5 Å². The quantitative estimate of drug-likeness (QED) is 0.551. The van der Waals surface area contributed by atoms with E-state index in [4.69, 9.17) is 4.74 Å². The highest BCUT2D eigenvalue weighted by atomic mass is 32.1. The van der Waals surface area contributed by atoms with Crippen LogP contribution in [0.1, 0.15) is 20.9 Å². The average Bonchev–Trinajstić information content (AvgIpc) is 3.33. The summed E-state index contributed by atoms with van der Waals surface area (Å²) in [6, 6.07) is 6.86. The number of esters is 1. The fourth-order valence-corrected chi connectivity index (χ4v) is 4.71. The second kappa shape index (κ2) is 8.45. The predicted octanol–water partition coefficient (Wildman–Crippen LogP) is 3.47. The fraction of sp³-hybridized carbons (Fsp3) is 0.381. The van der Waals surface area contributed by atoms with Gasteiger partial charge in [0.25, 0.3) is 5.91 Å². The molecule has 1 aliphatic rings. The van der Waals surface area contributed by atoms with Gasteiger partial charge in [0.05, 0.1) is 11.3 Å². The maximum atomic E-state index is 12.9. The third-order valence-electron chi connectivity index (χ3n) is 5.40. The van der Waals surface area contributed by atoms with E-state index in [0.29, 0.717) is 36.7 Å². The summed E-state index contributed by atoms with van der Waals surface area (Å²) in [7, 11) is 1.80. The third-order valence-corrected chi connectivity index (χ3v) is 6.58. The smallest absolute Gasteiger partial charge is 0.416 e. The van der Waals surface area contributed by atoms with Gasteiger partial charge in [0.1, 0.15) is 9.71 Å². The number of carbonyl (C=O) groups excluding carboxylic acids is 2. The van der Waals surface area contributed by atoms with E-state index in [1.54, 1.807) is 33.7 Å². The Balaban J connectivity index is 1.31. The molecule has 1 amide bonds. The zero-order chi connectivity index (χ0) is 23.0. The van der Waals surface area contributed by atoms with Crippen molar-refractivity contribution >= 4 is 39.1 Å². The number of benzene rings is 1. The van der Waals surface area contributed by atoms with Crippen LogP contribution in [-0.2, 0) is 22.8 Å². The lowest BCUT2D eigenvalue weighted by Crippen LogP contribution is -2.50. The van der Waals surface area contributed by atoms with E-state index in [2.05, 4.69) is 5.10 Å². The number of alkyl halides is 3. The van der Waals surface area contributed by atoms with Crippen molar-refractivity contribution in [3.05, 3.63) is 46.5 Å². The fourth-order valence-electron chi connectivity index (χ4n) is 3.69. The van der Waals surface area contributed by atoms with Gasteiger partial charge in [-0.2, -0.15) is 18.3 Å². The zero-order valence-electron chi connectivity index (χ0n) is 17.5. The Labute approximate surface area is 186 Å². The molecule has 1 aliphatic heterocycles. The topological polar surface area (TPSA) is 67.7 Å². The van der Waals surface area contributed by atoms with Crippen molar-refractivity contribution in [2.75, 3.05) is 37.7 Å². The Kier molecular flexibility index (Phi) is 5.85. The Morgan fingerprint density at radius 1 is 1.16 bits per heavy atom. The summed E-state index contributed by atoms with van der Waals surface area (Å²) in [5, 5.41) is 5.16. The van der Waals surface area contributed by atoms with E-state index in [-0.39, 0.29) is 12.5 Å². The van der Waals surface area contributed by atoms with Gasteiger partial charge in [-0.3, -0.25) is 9.48 Å². The molecule has 0 N–H and O–H groups in total. The summed E-state index contributed by atoms with van der Waals surface area (Å²) < 4.78 is 45.7. The van der Waals surface area contributed by atoms with Gasteiger partial charge in [-0.1, -0.05) is 6.07 Å². The van der Waals surface area contributed by atoms with Crippen molar-refractivity contribution in [2.24, 2.45) is 7.05 Å². The molecule has 1 fully saturated rings. The molecule has 0 bridgehead atoms. The number of aromatic nitrogens is 2. The van der Waals surface area contributed by atoms with Gasteiger partial charge in [-0.25, -0.2) is 4.79 Å². The van der Waals surface area contributed by atoms with Crippen LogP contribution in [0, 0.1) is 6.92 Å². The number of ether oxygens (including phenoxy) is 1. The Hall–Kier alpha value is -3.08. The minimum absolute atomic E-state index is 0.332. The van der Waals surface area contributed by atoms with Crippen molar-refractivity contribution in [1.29, 1.82) is 0 Å². The first-order valence-corrected chi connectivity index (χ1v) is 10.8. The van der Waals surface area contributed by atoms with Gasteiger partial charge in [0.2, 0.25) is 0 Å². The second-order valence-electron chi connectivity index (χ2n) is 7.53. The standard InChI is InChI=1S/C21H21F3N4O3S/c1-13-16-11-17(32-19(16)26(2)25-13)20(30)31-12-18(29)28-8-6-27(7-9-28)15-5-3-4-14(10-15)21(22,23)24/h3-5,10-11H,6-9,12H2,1-2H3. The van der Waals surface area contributed by atoms with Crippen LogP contribution < -0.4 is 4.90 Å². The van der Waals surface area contributed by atoms with E-state index < -0.39 is 17.7 Å². The Morgan fingerprint density at radius 3 is 2.53 bits per heavy atom. The lowest BCUT2D eigenvalue weighted by atomic mass is 10.1. The second-order valence-corrected chi connectivity index (χ2v) is 8.56. The zero-order valence-corrected chi connectivity index (χ0v) is 18.3. The summed E-state index contributed by atoms with van der Waals surface area (Å²) in [4.78, 5) is 29.4. The largest absolute Gasteiger partial charge is 0.451 e. The number of halogens is 3. The van der Waals surface area contributed by atoms with Crippen LogP contribution in [0.4, 0.5) is 18.9 Å². The van der Waals surface area contributed by atoms with E-state index >= 15 is 0 Å². The van der Waals surface area contributed by atoms with Gasteiger partial charge in [-0.15, -0.1) is 11.3 Å². The molecule has 0 aliphatic carbocycles. The first-order valence-electron chi connectivity index (χ1n) is 9.94. The first kappa shape index (κ1) is 22.1. The van der Waals surface area contributed by atoms with E-state index in [9.17, 15) is 22.8 Å². The minimum atomic E-state index is -4.40. The number of hydrogen-bond donors (Lipinski definition) is 0. The average molecular weight is 466 g/mol. The van der Waals surface area contributed by atoms with Gasteiger partial charge in [0, 0.05) is 44.3 Å². The lowest BCUT2D eigenvalue weighted by molar-refractivity contribution is -0.137. The number of hydrogen-bond acceptors (Lipinski definition) is 6. The molecular weight excluding hydrogens is 445 g/mol.